The molecule has 1 aliphatic rings. The Balaban J connectivity index is 2.56. The zero-order chi connectivity index (χ0) is 13.5. The van der Waals surface area contributed by atoms with Gasteiger partial charge in [0.1, 0.15) is 11.6 Å². The van der Waals surface area contributed by atoms with E-state index in [9.17, 15) is 13.6 Å². The molecule has 0 spiro atoms. The van der Waals surface area contributed by atoms with E-state index in [1.807, 2.05) is 13.8 Å². The van der Waals surface area contributed by atoms with Crippen LogP contribution in [0.1, 0.15) is 32.3 Å². The zero-order valence-electron chi connectivity index (χ0n) is 10.2. The van der Waals surface area contributed by atoms with Crippen LogP contribution in [-0.4, -0.2) is 5.78 Å². The van der Waals surface area contributed by atoms with Crippen LogP contribution in [-0.2, 0) is 4.79 Å². The van der Waals surface area contributed by atoms with E-state index in [0.29, 0.717) is 18.4 Å². The van der Waals surface area contributed by atoms with Gasteiger partial charge in [0, 0.05) is 6.42 Å². The van der Waals surface area contributed by atoms with E-state index in [0.717, 1.165) is 0 Å². The van der Waals surface area contributed by atoms with Crippen LogP contribution in [0, 0.1) is 17.0 Å². The number of hydrogen-bond acceptors (Lipinski definition) is 1. The highest BCUT2D eigenvalue weighted by atomic mass is 79.9. The molecule has 1 nitrogen and oxygen atoms in total. The van der Waals surface area contributed by atoms with Gasteiger partial charge in [-0.05, 0) is 51.5 Å². The van der Waals surface area contributed by atoms with Crippen molar-refractivity contribution in [1.29, 1.82) is 0 Å². The molecule has 0 fully saturated rings. The molecule has 0 N–H and O–H groups in total. The fourth-order valence-electron chi connectivity index (χ4n) is 2.33. The number of benzene rings is 1. The van der Waals surface area contributed by atoms with Crippen LogP contribution < -0.4 is 0 Å². The van der Waals surface area contributed by atoms with E-state index in [2.05, 4.69) is 15.9 Å². The van der Waals surface area contributed by atoms with Gasteiger partial charge < -0.3 is 0 Å². The van der Waals surface area contributed by atoms with Crippen molar-refractivity contribution < 1.29 is 13.6 Å². The quantitative estimate of drug-likeness (QED) is 0.697. The maximum absolute atomic E-state index is 14.0. The van der Waals surface area contributed by atoms with E-state index >= 15 is 0 Å². The first-order valence-corrected chi connectivity index (χ1v) is 6.47. The molecule has 0 aliphatic heterocycles. The van der Waals surface area contributed by atoms with Crippen LogP contribution in [0.15, 0.2) is 22.7 Å². The summed E-state index contributed by atoms with van der Waals surface area (Å²) in [6, 6.07) is 2.53. The minimum atomic E-state index is -0.647. The molecular weight excluding hydrogens is 302 g/mol. The average Bonchev–Trinajstić information content (AvgIpc) is 2.21. The molecule has 0 unspecified atom stereocenters. The number of ketones is 1. The fraction of sp³-hybridized carbons (Fsp3) is 0.357. The molecular formula is C14H13BrF2O. The van der Waals surface area contributed by atoms with Gasteiger partial charge in [0.05, 0.1) is 10.0 Å². The van der Waals surface area contributed by atoms with Crippen LogP contribution in [0.3, 0.4) is 0 Å². The number of halogens is 3. The van der Waals surface area contributed by atoms with Crippen molar-refractivity contribution in [1.82, 2.24) is 0 Å². The Morgan fingerprint density at radius 2 is 1.89 bits per heavy atom. The summed E-state index contributed by atoms with van der Waals surface area (Å²) in [5, 5.41) is 0. The molecule has 0 bridgehead atoms. The molecule has 1 aliphatic carbocycles. The largest absolute Gasteiger partial charge is 0.295 e. The topological polar surface area (TPSA) is 17.1 Å². The molecule has 0 amide bonds. The number of carbonyl (C=O) groups is 1. The lowest BCUT2D eigenvalue weighted by atomic mass is 9.75. The van der Waals surface area contributed by atoms with Crippen molar-refractivity contribution >= 4 is 27.3 Å². The lowest BCUT2D eigenvalue weighted by Gasteiger charge is -2.29. The molecule has 1 aromatic carbocycles. The van der Waals surface area contributed by atoms with E-state index in [4.69, 9.17) is 0 Å². The number of hydrogen-bond donors (Lipinski definition) is 0. The maximum atomic E-state index is 14.0. The predicted octanol–water partition coefficient (Wildman–Crippen LogP) is 4.50. The molecule has 1 aromatic rings. The second kappa shape index (κ2) is 4.57. The second-order valence-corrected chi connectivity index (χ2v) is 6.23. The highest BCUT2D eigenvalue weighted by Gasteiger charge is 2.30. The van der Waals surface area contributed by atoms with Gasteiger partial charge in [-0.15, -0.1) is 0 Å². The summed E-state index contributed by atoms with van der Waals surface area (Å²) < 4.78 is 28.0. The minimum Gasteiger partial charge on any atom is -0.295 e. The number of rotatable bonds is 1. The molecule has 0 radical (unpaired) electrons. The normalized spacial score (nSPS) is 18.7. The molecule has 0 atom stereocenters. The molecule has 4 heteroatoms. The Morgan fingerprint density at radius 1 is 1.22 bits per heavy atom. The van der Waals surface area contributed by atoms with Gasteiger partial charge in [0.25, 0.3) is 0 Å². The van der Waals surface area contributed by atoms with Crippen LogP contribution in [0.4, 0.5) is 8.78 Å². The van der Waals surface area contributed by atoms with Crippen molar-refractivity contribution in [2.75, 3.05) is 0 Å². The molecule has 0 aromatic heterocycles. The lowest BCUT2D eigenvalue weighted by molar-refractivity contribution is -0.116. The van der Waals surface area contributed by atoms with Gasteiger partial charge in [-0.3, -0.25) is 4.79 Å². The van der Waals surface area contributed by atoms with Crippen molar-refractivity contribution in [3.05, 3.63) is 39.9 Å². The van der Waals surface area contributed by atoms with Gasteiger partial charge in [-0.1, -0.05) is 13.8 Å². The Hall–Kier alpha value is -1.03. The van der Waals surface area contributed by atoms with Gasteiger partial charge >= 0.3 is 0 Å². The molecule has 96 valence electrons. The summed E-state index contributed by atoms with van der Waals surface area (Å²) >= 11 is 3.04. The predicted molar refractivity (Wildman–Crippen MR) is 70.1 cm³/mol. The third kappa shape index (κ3) is 2.53. The minimum absolute atomic E-state index is 0.0833. The Labute approximate surface area is 113 Å². The summed E-state index contributed by atoms with van der Waals surface area (Å²) in [5.74, 6) is -1.36. The smallest absolute Gasteiger partial charge is 0.156 e. The average molecular weight is 315 g/mol. The van der Waals surface area contributed by atoms with E-state index < -0.39 is 11.6 Å². The van der Waals surface area contributed by atoms with Crippen molar-refractivity contribution in [3.8, 4) is 0 Å². The summed E-state index contributed by atoms with van der Waals surface area (Å²) in [6.45, 7) is 3.84. The molecule has 0 heterocycles. The first-order chi connectivity index (χ1) is 8.30. The van der Waals surface area contributed by atoms with Gasteiger partial charge in [-0.25, -0.2) is 8.78 Å². The monoisotopic (exact) mass is 314 g/mol. The summed E-state index contributed by atoms with van der Waals surface area (Å²) in [7, 11) is 0. The first kappa shape index (κ1) is 13.4. The molecule has 0 saturated carbocycles. The molecule has 2 rings (SSSR count). The second-order valence-electron chi connectivity index (χ2n) is 5.37. The van der Waals surface area contributed by atoms with Gasteiger partial charge in [0.15, 0.2) is 5.78 Å². The maximum Gasteiger partial charge on any atom is 0.156 e. The molecule has 0 saturated heterocycles. The third-order valence-electron chi connectivity index (χ3n) is 3.02. The summed E-state index contributed by atoms with van der Waals surface area (Å²) in [5.41, 5.74) is 0.0839. The van der Waals surface area contributed by atoms with E-state index in [-0.39, 0.29) is 21.2 Å². The fourth-order valence-corrected chi connectivity index (χ4v) is 2.66. The SMILES string of the molecule is CC1(C)CC(=O)C=C(c2c(F)ccc(Br)c2F)C1. The Kier molecular flexibility index (Phi) is 3.41. The van der Waals surface area contributed by atoms with E-state index in [1.54, 1.807) is 0 Å². The Bertz CT molecular complexity index is 547. The van der Waals surface area contributed by atoms with Gasteiger partial charge in [0.2, 0.25) is 0 Å². The van der Waals surface area contributed by atoms with Crippen LogP contribution in [0.2, 0.25) is 0 Å². The van der Waals surface area contributed by atoms with Crippen molar-refractivity contribution in [2.24, 2.45) is 5.41 Å². The highest BCUT2D eigenvalue weighted by Crippen LogP contribution is 2.40. The Morgan fingerprint density at radius 3 is 2.50 bits per heavy atom. The summed E-state index contributed by atoms with van der Waals surface area (Å²) in [6.07, 6.45) is 2.26. The van der Waals surface area contributed by atoms with Crippen LogP contribution >= 0.6 is 15.9 Å². The van der Waals surface area contributed by atoms with E-state index in [1.165, 1.54) is 18.2 Å². The van der Waals surface area contributed by atoms with Crippen molar-refractivity contribution in [3.63, 3.8) is 0 Å². The van der Waals surface area contributed by atoms with Crippen LogP contribution in [0.5, 0.6) is 0 Å². The number of carbonyl (C=O) groups excluding carboxylic acids is 1. The number of allylic oxidation sites excluding steroid dienone is 2. The molecule has 18 heavy (non-hydrogen) atoms. The summed E-state index contributed by atoms with van der Waals surface area (Å²) in [4.78, 5) is 11.6. The van der Waals surface area contributed by atoms with Gasteiger partial charge in [-0.2, -0.15) is 0 Å². The van der Waals surface area contributed by atoms with Crippen LogP contribution in [0.25, 0.3) is 5.57 Å². The zero-order valence-corrected chi connectivity index (χ0v) is 11.8. The highest BCUT2D eigenvalue weighted by molar-refractivity contribution is 9.10. The lowest BCUT2D eigenvalue weighted by Crippen LogP contribution is -2.22. The van der Waals surface area contributed by atoms with Crippen molar-refractivity contribution in [2.45, 2.75) is 26.7 Å². The first-order valence-electron chi connectivity index (χ1n) is 5.67. The standard InChI is InChI=1S/C14H13BrF2O/c1-14(2)6-8(5-9(18)7-14)12-11(16)4-3-10(15)13(12)17/h3-5H,6-7H2,1-2H3. The third-order valence-corrected chi connectivity index (χ3v) is 3.63.